The molecule has 0 aromatic rings. The van der Waals surface area contributed by atoms with Gasteiger partial charge in [-0.1, -0.05) is 27.7 Å². The smallest absolute Gasteiger partial charge is 0.0729 e. The molecule has 0 aromatic heterocycles. The SMILES string of the molecule is CC(C)C(O)C(Cl)C(C)C. The fourth-order valence-electron chi connectivity index (χ4n) is 0.762. The number of halogens is 1. The third kappa shape index (κ3) is 2.89. The molecule has 0 aliphatic heterocycles. The van der Waals surface area contributed by atoms with E-state index in [-0.39, 0.29) is 17.4 Å². The Morgan fingerprint density at radius 3 is 1.50 bits per heavy atom. The van der Waals surface area contributed by atoms with Gasteiger partial charge in [0.1, 0.15) is 0 Å². The van der Waals surface area contributed by atoms with E-state index in [2.05, 4.69) is 0 Å². The van der Waals surface area contributed by atoms with Gasteiger partial charge in [-0.15, -0.1) is 11.6 Å². The minimum Gasteiger partial charge on any atom is -0.391 e. The molecule has 2 atom stereocenters. The predicted octanol–water partition coefficient (Wildman–Crippen LogP) is 2.27. The average molecular weight is 165 g/mol. The molecule has 0 saturated heterocycles. The maximum Gasteiger partial charge on any atom is 0.0729 e. The van der Waals surface area contributed by atoms with Crippen molar-refractivity contribution in [1.82, 2.24) is 0 Å². The average Bonchev–Trinajstić information content (AvgIpc) is 1.84. The van der Waals surface area contributed by atoms with Crippen LogP contribution in [0.5, 0.6) is 0 Å². The lowest BCUT2D eigenvalue weighted by molar-refractivity contribution is 0.107. The molecule has 0 saturated carbocycles. The summed E-state index contributed by atoms with van der Waals surface area (Å²) in [6, 6.07) is 0. The van der Waals surface area contributed by atoms with Crippen LogP contribution in [0.15, 0.2) is 0 Å². The number of hydrogen-bond donors (Lipinski definition) is 1. The van der Waals surface area contributed by atoms with Crippen molar-refractivity contribution in [3.8, 4) is 0 Å². The molecule has 0 aliphatic carbocycles. The van der Waals surface area contributed by atoms with Gasteiger partial charge in [-0.3, -0.25) is 0 Å². The van der Waals surface area contributed by atoms with E-state index in [9.17, 15) is 5.11 Å². The summed E-state index contributed by atoms with van der Waals surface area (Å²) in [4.78, 5) is 0. The number of alkyl halides is 1. The van der Waals surface area contributed by atoms with Crippen molar-refractivity contribution >= 4 is 11.6 Å². The van der Waals surface area contributed by atoms with Gasteiger partial charge in [-0.05, 0) is 11.8 Å². The molecule has 0 heterocycles. The second-order valence-corrected chi connectivity index (χ2v) is 3.93. The monoisotopic (exact) mass is 164 g/mol. The summed E-state index contributed by atoms with van der Waals surface area (Å²) >= 11 is 5.91. The standard InChI is InChI=1S/C8H17ClO/c1-5(2)7(9)8(10)6(3)4/h5-8,10H,1-4H3. The first-order valence-corrected chi connectivity index (χ1v) is 4.22. The van der Waals surface area contributed by atoms with Gasteiger partial charge in [-0.2, -0.15) is 0 Å². The van der Waals surface area contributed by atoms with Crippen LogP contribution in [0.3, 0.4) is 0 Å². The highest BCUT2D eigenvalue weighted by Gasteiger charge is 2.22. The normalized spacial score (nSPS) is 18.0. The molecule has 0 aromatic carbocycles. The van der Waals surface area contributed by atoms with Gasteiger partial charge in [0.15, 0.2) is 0 Å². The van der Waals surface area contributed by atoms with E-state index in [4.69, 9.17) is 11.6 Å². The summed E-state index contributed by atoms with van der Waals surface area (Å²) in [5.41, 5.74) is 0. The Morgan fingerprint density at radius 1 is 1.00 bits per heavy atom. The summed E-state index contributed by atoms with van der Waals surface area (Å²) in [7, 11) is 0. The van der Waals surface area contributed by atoms with Gasteiger partial charge in [0.25, 0.3) is 0 Å². The number of hydrogen-bond acceptors (Lipinski definition) is 1. The van der Waals surface area contributed by atoms with Gasteiger partial charge in [-0.25, -0.2) is 0 Å². The first-order valence-electron chi connectivity index (χ1n) is 3.79. The van der Waals surface area contributed by atoms with Crippen LogP contribution in [0, 0.1) is 11.8 Å². The van der Waals surface area contributed by atoms with Crippen LogP contribution in [-0.2, 0) is 0 Å². The second-order valence-electron chi connectivity index (χ2n) is 3.42. The highest BCUT2D eigenvalue weighted by Crippen LogP contribution is 2.18. The topological polar surface area (TPSA) is 20.2 Å². The fourth-order valence-corrected chi connectivity index (χ4v) is 1.05. The molecular formula is C8H17ClO. The Hall–Kier alpha value is 0.250. The largest absolute Gasteiger partial charge is 0.391 e. The van der Waals surface area contributed by atoms with E-state index in [0.717, 1.165) is 0 Å². The van der Waals surface area contributed by atoms with E-state index in [0.29, 0.717) is 5.92 Å². The molecule has 0 fully saturated rings. The zero-order chi connectivity index (χ0) is 8.31. The molecule has 0 spiro atoms. The van der Waals surface area contributed by atoms with Crippen molar-refractivity contribution in [3.05, 3.63) is 0 Å². The van der Waals surface area contributed by atoms with Crippen molar-refractivity contribution in [2.24, 2.45) is 11.8 Å². The van der Waals surface area contributed by atoms with E-state index < -0.39 is 0 Å². The Morgan fingerprint density at radius 2 is 1.40 bits per heavy atom. The van der Waals surface area contributed by atoms with Crippen LogP contribution in [0.25, 0.3) is 0 Å². The van der Waals surface area contributed by atoms with Crippen LogP contribution in [0.2, 0.25) is 0 Å². The third-order valence-electron chi connectivity index (χ3n) is 1.65. The zero-order valence-electron chi connectivity index (χ0n) is 7.13. The highest BCUT2D eigenvalue weighted by atomic mass is 35.5. The number of aliphatic hydroxyl groups excluding tert-OH is 1. The van der Waals surface area contributed by atoms with Crippen LogP contribution < -0.4 is 0 Å². The lowest BCUT2D eigenvalue weighted by atomic mass is 9.97. The number of aliphatic hydroxyl groups is 1. The van der Waals surface area contributed by atoms with Crippen molar-refractivity contribution in [2.45, 2.75) is 39.2 Å². The summed E-state index contributed by atoms with van der Waals surface area (Å²) < 4.78 is 0. The predicted molar refractivity (Wildman–Crippen MR) is 45.3 cm³/mol. The summed E-state index contributed by atoms with van der Waals surface area (Å²) in [5.74, 6) is 0.601. The minimum absolute atomic E-state index is 0.111. The Kier molecular flexibility index (Phi) is 4.30. The van der Waals surface area contributed by atoms with Crippen molar-refractivity contribution in [2.75, 3.05) is 0 Å². The van der Waals surface area contributed by atoms with Gasteiger partial charge < -0.3 is 5.11 Å². The summed E-state index contributed by atoms with van der Waals surface area (Å²) in [5, 5.41) is 9.32. The van der Waals surface area contributed by atoms with Gasteiger partial charge in [0.2, 0.25) is 0 Å². The maximum absolute atomic E-state index is 9.43. The summed E-state index contributed by atoms with van der Waals surface area (Å²) in [6.07, 6.45) is -0.373. The van der Waals surface area contributed by atoms with Gasteiger partial charge >= 0.3 is 0 Å². The molecule has 1 N–H and O–H groups in total. The Bertz CT molecular complexity index is 79.3. The van der Waals surface area contributed by atoms with E-state index >= 15 is 0 Å². The zero-order valence-corrected chi connectivity index (χ0v) is 7.89. The van der Waals surface area contributed by atoms with Crippen LogP contribution >= 0.6 is 11.6 Å². The molecule has 2 unspecified atom stereocenters. The minimum atomic E-state index is -0.373. The van der Waals surface area contributed by atoms with Crippen LogP contribution in [0.1, 0.15) is 27.7 Å². The molecule has 0 bridgehead atoms. The van der Waals surface area contributed by atoms with E-state index in [1.165, 1.54) is 0 Å². The second kappa shape index (κ2) is 4.20. The first-order chi connectivity index (χ1) is 4.46. The molecule has 0 rings (SSSR count). The Balaban J connectivity index is 3.81. The van der Waals surface area contributed by atoms with Crippen LogP contribution in [-0.4, -0.2) is 16.6 Å². The fraction of sp³-hybridized carbons (Fsp3) is 1.00. The van der Waals surface area contributed by atoms with E-state index in [1.807, 2.05) is 27.7 Å². The molecule has 62 valence electrons. The van der Waals surface area contributed by atoms with Crippen molar-refractivity contribution < 1.29 is 5.11 Å². The molecule has 10 heavy (non-hydrogen) atoms. The lowest BCUT2D eigenvalue weighted by Crippen LogP contribution is -2.30. The van der Waals surface area contributed by atoms with Crippen molar-refractivity contribution in [3.63, 3.8) is 0 Å². The summed E-state index contributed by atoms with van der Waals surface area (Å²) in [6.45, 7) is 7.98. The third-order valence-corrected chi connectivity index (χ3v) is 2.41. The Labute approximate surface area is 68.4 Å². The van der Waals surface area contributed by atoms with Crippen molar-refractivity contribution in [1.29, 1.82) is 0 Å². The van der Waals surface area contributed by atoms with Crippen LogP contribution in [0.4, 0.5) is 0 Å². The molecule has 1 nitrogen and oxygen atoms in total. The molecule has 2 heteroatoms. The first kappa shape index (κ1) is 10.2. The quantitative estimate of drug-likeness (QED) is 0.635. The van der Waals surface area contributed by atoms with Gasteiger partial charge in [0.05, 0.1) is 11.5 Å². The molecule has 0 amide bonds. The number of rotatable bonds is 3. The molecular weight excluding hydrogens is 148 g/mol. The molecule has 0 radical (unpaired) electrons. The maximum atomic E-state index is 9.43. The highest BCUT2D eigenvalue weighted by molar-refractivity contribution is 6.21. The lowest BCUT2D eigenvalue weighted by Gasteiger charge is -2.22. The van der Waals surface area contributed by atoms with Gasteiger partial charge in [0, 0.05) is 0 Å². The van der Waals surface area contributed by atoms with E-state index in [1.54, 1.807) is 0 Å². The molecule has 0 aliphatic rings.